The molecule has 8 heteroatoms. The lowest BCUT2D eigenvalue weighted by Gasteiger charge is -2.19. The van der Waals surface area contributed by atoms with Gasteiger partial charge in [-0.3, -0.25) is 9.59 Å². The number of nitrogens with zero attached hydrogens (tertiary/aromatic N) is 1. The van der Waals surface area contributed by atoms with Gasteiger partial charge >= 0.3 is 0 Å². The van der Waals surface area contributed by atoms with E-state index in [0.717, 1.165) is 19.4 Å². The number of para-hydroxylation sites is 1. The molecule has 1 heterocycles. The minimum Gasteiger partial charge on any atom is -0.490 e. The number of rotatable bonds is 7. The number of hydrogen-bond acceptors (Lipinski definition) is 4. The fourth-order valence-electron chi connectivity index (χ4n) is 2.99. The summed E-state index contributed by atoms with van der Waals surface area (Å²) in [6.45, 7) is 1.01. The zero-order valence-corrected chi connectivity index (χ0v) is 17.5. The lowest BCUT2D eigenvalue weighted by Crippen LogP contribution is -2.35. The number of nitrogens with one attached hydrogen (secondary N) is 1. The van der Waals surface area contributed by atoms with Gasteiger partial charge < -0.3 is 19.7 Å². The molecule has 3 rings (SSSR count). The van der Waals surface area contributed by atoms with E-state index in [9.17, 15) is 9.59 Å². The molecule has 2 aromatic carbocycles. The van der Waals surface area contributed by atoms with Crippen LogP contribution < -0.4 is 10.1 Å². The minimum absolute atomic E-state index is 0.0489. The van der Waals surface area contributed by atoms with E-state index in [1.165, 1.54) is 4.90 Å². The van der Waals surface area contributed by atoms with E-state index in [0.29, 0.717) is 33.7 Å². The van der Waals surface area contributed by atoms with Gasteiger partial charge in [0.15, 0.2) is 0 Å². The van der Waals surface area contributed by atoms with Gasteiger partial charge in [-0.2, -0.15) is 0 Å². The standard InChI is InChI=1S/C21H22Cl2N2O4/c1-25(12-20(26)24-14-8-9-17(22)18(23)11-14)21(27)16-6-2-3-7-19(16)29-13-15-5-4-10-28-15/h2-3,6-9,11,15H,4-5,10,12-13H2,1H3,(H,24,26). The van der Waals surface area contributed by atoms with Crippen molar-refractivity contribution in [3.63, 3.8) is 0 Å². The molecule has 154 valence electrons. The summed E-state index contributed by atoms with van der Waals surface area (Å²) in [4.78, 5) is 26.5. The zero-order chi connectivity index (χ0) is 20.8. The van der Waals surface area contributed by atoms with Gasteiger partial charge in [0.2, 0.25) is 5.91 Å². The summed E-state index contributed by atoms with van der Waals surface area (Å²) < 4.78 is 11.4. The van der Waals surface area contributed by atoms with Crippen LogP contribution in [-0.4, -0.2) is 49.6 Å². The normalized spacial score (nSPS) is 15.8. The molecule has 0 radical (unpaired) electrons. The Labute approximate surface area is 179 Å². The van der Waals surface area contributed by atoms with Crippen LogP contribution in [0.1, 0.15) is 23.2 Å². The van der Waals surface area contributed by atoms with Crippen LogP contribution in [0.2, 0.25) is 10.0 Å². The number of carbonyl (C=O) groups excluding carboxylic acids is 2. The van der Waals surface area contributed by atoms with Crippen LogP contribution in [-0.2, 0) is 9.53 Å². The average molecular weight is 437 g/mol. The maximum Gasteiger partial charge on any atom is 0.257 e. The van der Waals surface area contributed by atoms with Crippen molar-refractivity contribution in [1.29, 1.82) is 0 Å². The first kappa shape index (κ1) is 21.4. The van der Waals surface area contributed by atoms with Crippen molar-refractivity contribution in [2.24, 2.45) is 0 Å². The molecule has 1 atom stereocenters. The van der Waals surface area contributed by atoms with Gasteiger partial charge in [0.05, 0.1) is 28.3 Å². The molecular formula is C21H22Cl2N2O4. The SMILES string of the molecule is CN(CC(=O)Nc1ccc(Cl)c(Cl)c1)C(=O)c1ccccc1OCC1CCCO1. The van der Waals surface area contributed by atoms with Gasteiger partial charge in [0, 0.05) is 19.3 Å². The van der Waals surface area contributed by atoms with E-state index in [2.05, 4.69) is 5.32 Å². The fraction of sp³-hybridized carbons (Fsp3) is 0.333. The van der Waals surface area contributed by atoms with Crippen LogP contribution in [0, 0.1) is 0 Å². The van der Waals surface area contributed by atoms with Crippen molar-refractivity contribution in [1.82, 2.24) is 4.90 Å². The highest BCUT2D eigenvalue weighted by molar-refractivity contribution is 6.42. The summed E-state index contributed by atoms with van der Waals surface area (Å²) in [6, 6.07) is 11.8. The Hall–Kier alpha value is -2.28. The quantitative estimate of drug-likeness (QED) is 0.703. The van der Waals surface area contributed by atoms with E-state index in [-0.39, 0.29) is 24.5 Å². The highest BCUT2D eigenvalue weighted by Crippen LogP contribution is 2.25. The van der Waals surface area contributed by atoms with Gasteiger partial charge in [-0.05, 0) is 43.2 Å². The first-order valence-electron chi connectivity index (χ1n) is 9.28. The summed E-state index contributed by atoms with van der Waals surface area (Å²) in [7, 11) is 1.56. The zero-order valence-electron chi connectivity index (χ0n) is 16.0. The average Bonchev–Trinajstić information content (AvgIpc) is 3.22. The molecule has 1 saturated heterocycles. The van der Waals surface area contributed by atoms with Crippen molar-refractivity contribution in [3.05, 3.63) is 58.1 Å². The van der Waals surface area contributed by atoms with Crippen molar-refractivity contribution < 1.29 is 19.1 Å². The van der Waals surface area contributed by atoms with Gasteiger partial charge in [-0.1, -0.05) is 35.3 Å². The number of likely N-dealkylation sites (N-methyl/N-ethyl adjacent to an activating group) is 1. The Kier molecular flexibility index (Phi) is 7.36. The maximum absolute atomic E-state index is 12.8. The second-order valence-corrected chi connectivity index (χ2v) is 7.59. The Bertz CT molecular complexity index is 885. The molecule has 0 saturated carbocycles. The van der Waals surface area contributed by atoms with E-state index >= 15 is 0 Å². The highest BCUT2D eigenvalue weighted by Gasteiger charge is 2.21. The number of halogens is 2. The first-order chi connectivity index (χ1) is 13.9. The summed E-state index contributed by atoms with van der Waals surface area (Å²) >= 11 is 11.8. The molecule has 6 nitrogen and oxygen atoms in total. The third kappa shape index (κ3) is 5.85. The smallest absolute Gasteiger partial charge is 0.257 e. The highest BCUT2D eigenvalue weighted by atomic mass is 35.5. The van der Waals surface area contributed by atoms with E-state index in [1.807, 2.05) is 0 Å². The molecule has 1 unspecified atom stereocenters. The molecule has 0 bridgehead atoms. The number of benzene rings is 2. The Morgan fingerprint density at radius 3 is 2.72 bits per heavy atom. The van der Waals surface area contributed by atoms with E-state index < -0.39 is 0 Å². The summed E-state index contributed by atoms with van der Waals surface area (Å²) in [6.07, 6.45) is 2.02. The molecule has 0 aromatic heterocycles. The second kappa shape index (κ2) is 9.96. The van der Waals surface area contributed by atoms with Gasteiger partial charge in [0.1, 0.15) is 12.4 Å². The molecule has 0 aliphatic carbocycles. The lowest BCUT2D eigenvalue weighted by molar-refractivity contribution is -0.116. The van der Waals surface area contributed by atoms with Gasteiger partial charge in [-0.25, -0.2) is 0 Å². The van der Waals surface area contributed by atoms with Gasteiger partial charge in [0.25, 0.3) is 5.91 Å². The number of amides is 2. The molecule has 1 N–H and O–H groups in total. The molecule has 1 aliphatic heterocycles. The Balaban J connectivity index is 1.60. The summed E-state index contributed by atoms with van der Waals surface area (Å²) in [5.41, 5.74) is 0.904. The summed E-state index contributed by atoms with van der Waals surface area (Å²) in [5.74, 6) is -0.182. The molecular weight excluding hydrogens is 415 g/mol. The van der Waals surface area contributed by atoms with Crippen LogP contribution >= 0.6 is 23.2 Å². The number of ether oxygens (including phenoxy) is 2. The summed E-state index contributed by atoms with van der Waals surface area (Å²) in [5, 5.41) is 3.44. The molecule has 29 heavy (non-hydrogen) atoms. The molecule has 0 spiro atoms. The molecule has 2 amide bonds. The Morgan fingerprint density at radius 2 is 2.00 bits per heavy atom. The van der Waals surface area contributed by atoms with Crippen LogP contribution in [0.5, 0.6) is 5.75 Å². The second-order valence-electron chi connectivity index (χ2n) is 6.78. The number of anilines is 1. The molecule has 1 aliphatic rings. The van der Waals surface area contributed by atoms with Crippen molar-refractivity contribution in [2.45, 2.75) is 18.9 Å². The van der Waals surface area contributed by atoms with E-state index in [1.54, 1.807) is 49.5 Å². The van der Waals surface area contributed by atoms with Crippen LogP contribution in [0.15, 0.2) is 42.5 Å². The lowest BCUT2D eigenvalue weighted by atomic mass is 10.1. The van der Waals surface area contributed by atoms with Crippen molar-refractivity contribution in [3.8, 4) is 5.75 Å². The minimum atomic E-state index is -0.350. The van der Waals surface area contributed by atoms with Crippen LogP contribution in [0.3, 0.4) is 0 Å². The maximum atomic E-state index is 12.8. The largest absolute Gasteiger partial charge is 0.490 e. The predicted molar refractivity (Wildman–Crippen MR) is 113 cm³/mol. The van der Waals surface area contributed by atoms with Gasteiger partial charge in [-0.15, -0.1) is 0 Å². The van der Waals surface area contributed by atoms with Crippen LogP contribution in [0.4, 0.5) is 5.69 Å². The first-order valence-corrected chi connectivity index (χ1v) is 10.0. The fourth-order valence-corrected chi connectivity index (χ4v) is 3.29. The monoisotopic (exact) mass is 436 g/mol. The number of hydrogen-bond donors (Lipinski definition) is 1. The molecule has 1 fully saturated rings. The Morgan fingerprint density at radius 1 is 1.21 bits per heavy atom. The number of carbonyl (C=O) groups is 2. The van der Waals surface area contributed by atoms with Crippen molar-refractivity contribution >= 4 is 40.7 Å². The van der Waals surface area contributed by atoms with Crippen molar-refractivity contribution in [2.75, 3.05) is 32.1 Å². The molecule has 2 aromatic rings. The van der Waals surface area contributed by atoms with Crippen LogP contribution in [0.25, 0.3) is 0 Å². The topological polar surface area (TPSA) is 67.9 Å². The third-order valence-electron chi connectivity index (χ3n) is 4.50. The predicted octanol–water partition coefficient (Wildman–Crippen LogP) is 4.26. The van der Waals surface area contributed by atoms with E-state index in [4.69, 9.17) is 32.7 Å². The third-order valence-corrected chi connectivity index (χ3v) is 5.24.